The van der Waals surface area contributed by atoms with Crippen molar-refractivity contribution in [2.24, 2.45) is 0 Å². The molecular formula is C23H24O7. The van der Waals surface area contributed by atoms with Crippen molar-refractivity contribution in [2.75, 3.05) is 21.3 Å². The molecule has 0 saturated heterocycles. The van der Waals surface area contributed by atoms with Gasteiger partial charge in [0, 0.05) is 17.0 Å². The molecule has 0 aliphatic carbocycles. The number of rotatable bonds is 4. The zero-order chi connectivity index (χ0) is 21.6. The van der Waals surface area contributed by atoms with Gasteiger partial charge in [0.1, 0.15) is 17.1 Å². The standard InChI is InChI=1S/C23H24O7/c1-23(2)11-15(24)13-7-8-16-19(20(13)30-23)14(10-18(25)29-16)12-6-9-17(26-3)22(28-5)21(12)27-4/h6-9,14H,10-11H2,1-5H3. The molecule has 1 unspecified atom stereocenters. The Balaban J connectivity index is 1.97. The number of benzene rings is 2. The Bertz CT molecular complexity index is 1040. The number of Topliss-reactive ketones (excluding diaryl/α,β-unsaturated/α-hetero) is 1. The number of fused-ring (bicyclic) bond motifs is 3. The van der Waals surface area contributed by atoms with Crippen LogP contribution in [0.2, 0.25) is 0 Å². The van der Waals surface area contributed by atoms with Crippen LogP contribution in [-0.4, -0.2) is 38.7 Å². The number of hydrogen-bond acceptors (Lipinski definition) is 7. The average Bonchev–Trinajstić information content (AvgIpc) is 2.70. The van der Waals surface area contributed by atoms with Gasteiger partial charge in [-0.2, -0.15) is 0 Å². The molecule has 0 N–H and O–H groups in total. The van der Waals surface area contributed by atoms with Crippen molar-refractivity contribution < 1.29 is 33.3 Å². The molecule has 158 valence electrons. The van der Waals surface area contributed by atoms with Gasteiger partial charge in [0.25, 0.3) is 0 Å². The summed E-state index contributed by atoms with van der Waals surface area (Å²) in [5, 5.41) is 0. The van der Waals surface area contributed by atoms with E-state index in [-0.39, 0.29) is 24.6 Å². The minimum Gasteiger partial charge on any atom is -0.493 e. The number of ether oxygens (including phenoxy) is 5. The van der Waals surface area contributed by atoms with Crippen LogP contribution in [0.1, 0.15) is 54.1 Å². The molecule has 1 atom stereocenters. The topological polar surface area (TPSA) is 80.3 Å². The van der Waals surface area contributed by atoms with Crippen molar-refractivity contribution in [2.45, 2.75) is 38.2 Å². The van der Waals surface area contributed by atoms with E-state index in [2.05, 4.69) is 0 Å². The molecular weight excluding hydrogens is 388 g/mol. The monoisotopic (exact) mass is 412 g/mol. The van der Waals surface area contributed by atoms with Crippen molar-refractivity contribution in [1.29, 1.82) is 0 Å². The van der Waals surface area contributed by atoms with Gasteiger partial charge in [0.2, 0.25) is 5.75 Å². The lowest BCUT2D eigenvalue weighted by atomic mass is 9.81. The number of carbonyl (C=O) groups excluding carboxylic acids is 2. The highest BCUT2D eigenvalue weighted by Gasteiger charge is 2.41. The van der Waals surface area contributed by atoms with Crippen LogP contribution in [0.15, 0.2) is 24.3 Å². The molecule has 7 nitrogen and oxygen atoms in total. The van der Waals surface area contributed by atoms with E-state index >= 15 is 0 Å². The van der Waals surface area contributed by atoms with E-state index in [4.69, 9.17) is 23.7 Å². The van der Waals surface area contributed by atoms with Gasteiger partial charge in [-0.3, -0.25) is 9.59 Å². The Labute approximate surface area is 174 Å². The fourth-order valence-corrected chi connectivity index (χ4v) is 4.22. The molecule has 7 heteroatoms. The average molecular weight is 412 g/mol. The normalized spacial score (nSPS) is 19.2. The van der Waals surface area contributed by atoms with Crippen LogP contribution >= 0.6 is 0 Å². The third-order valence-electron chi connectivity index (χ3n) is 5.47. The molecule has 4 rings (SSSR count). The fourth-order valence-electron chi connectivity index (χ4n) is 4.22. The molecule has 30 heavy (non-hydrogen) atoms. The zero-order valence-electron chi connectivity index (χ0n) is 17.7. The summed E-state index contributed by atoms with van der Waals surface area (Å²) >= 11 is 0. The summed E-state index contributed by atoms with van der Waals surface area (Å²) < 4.78 is 28.3. The molecule has 0 amide bonds. The molecule has 0 radical (unpaired) electrons. The Morgan fingerprint density at radius 2 is 1.70 bits per heavy atom. The van der Waals surface area contributed by atoms with Gasteiger partial charge in [-0.1, -0.05) is 6.07 Å². The first kappa shape index (κ1) is 20.1. The Kier molecular flexibility index (Phi) is 4.84. The summed E-state index contributed by atoms with van der Waals surface area (Å²) in [6.07, 6.45) is 0.357. The first-order chi connectivity index (χ1) is 14.3. The molecule has 2 aliphatic heterocycles. The maximum absolute atomic E-state index is 12.8. The summed E-state index contributed by atoms with van der Waals surface area (Å²) in [5.41, 5.74) is 1.22. The summed E-state index contributed by atoms with van der Waals surface area (Å²) in [4.78, 5) is 25.2. The number of carbonyl (C=O) groups is 2. The van der Waals surface area contributed by atoms with Crippen LogP contribution in [0.3, 0.4) is 0 Å². The summed E-state index contributed by atoms with van der Waals surface area (Å²) in [5.74, 6) is 1.44. The maximum Gasteiger partial charge on any atom is 0.312 e. The maximum atomic E-state index is 12.8. The van der Waals surface area contributed by atoms with E-state index in [0.717, 1.165) is 5.56 Å². The van der Waals surface area contributed by atoms with Gasteiger partial charge < -0.3 is 23.7 Å². The quantitative estimate of drug-likeness (QED) is 0.557. The van der Waals surface area contributed by atoms with E-state index in [1.807, 2.05) is 19.9 Å². The van der Waals surface area contributed by atoms with Gasteiger partial charge in [-0.25, -0.2) is 0 Å². The summed E-state index contributed by atoms with van der Waals surface area (Å²) in [7, 11) is 4.61. The SMILES string of the molecule is COc1ccc(C2CC(=O)Oc3ccc4c(c32)OC(C)(C)CC4=O)c(OC)c1OC. The molecule has 0 saturated carbocycles. The molecule has 2 heterocycles. The second-order valence-corrected chi connectivity index (χ2v) is 7.97. The molecule has 0 aromatic heterocycles. The van der Waals surface area contributed by atoms with Crippen molar-refractivity contribution in [3.05, 3.63) is 41.0 Å². The zero-order valence-corrected chi connectivity index (χ0v) is 17.7. The number of esters is 1. The van der Waals surface area contributed by atoms with Crippen molar-refractivity contribution >= 4 is 11.8 Å². The third-order valence-corrected chi connectivity index (χ3v) is 5.47. The lowest BCUT2D eigenvalue weighted by molar-refractivity contribution is -0.135. The molecule has 0 bridgehead atoms. The predicted molar refractivity (Wildman–Crippen MR) is 108 cm³/mol. The van der Waals surface area contributed by atoms with Crippen LogP contribution in [0, 0.1) is 0 Å². The first-order valence-electron chi connectivity index (χ1n) is 9.68. The van der Waals surface area contributed by atoms with E-state index in [9.17, 15) is 9.59 Å². The summed E-state index contributed by atoms with van der Waals surface area (Å²) in [6, 6.07) is 6.92. The Hall–Kier alpha value is -3.22. The second-order valence-electron chi connectivity index (χ2n) is 7.97. The second kappa shape index (κ2) is 7.23. The highest BCUT2D eigenvalue weighted by molar-refractivity contribution is 6.01. The molecule has 2 aromatic carbocycles. The number of ketones is 1. The van der Waals surface area contributed by atoms with Gasteiger partial charge >= 0.3 is 5.97 Å². The highest BCUT2D eigenvalue weighted by Crippen LogP contribution is 2.52. The number of hydrogen-bond donors (Lipinski definition) is 0. The first-order valence-corrected chi connectivity index (χ1v) is 9.68. The Morgan fingerprint density at radius 3 is 2.37 bits per heavy atom. The largest absolute Gasteiger partial charge is 0.493 e. The lowest BCUT2D eigenvalue weighted by Crippen LogP contribution is -2.37. The van der Waals surface area contributed by atoms with Crippen molar-refractivity contribution in [3.8, 4) is 28.7 Å². The van der Waals surface area contributed by atoms with Gasteiger partial charge in [-0.05, 0) is 32.0 Å². The van der Waals surface area contributed by atoms with Crippen LogP contribution in [-0.2, 0) is 4.79 Å². The van der Waals surface area contributed by atoms with Crippen molar-refractivity contribution in [1.82, 2.24) is 0 Å². The fraction of sp³-hybridized carbons (Fsp3) is 0.391. The van der Waals surface area contributed by atoms with Crippen LogP contribution in [0.4, 0.5) is 0 Å². The van der Waals surface area contributed by atoms with E-state index in [0.29, 0.717) is 39.9 Å². The van der Waals surface area contributed by atoms with Gasteiger partial charge in [-0.15, -0.1) is 0 Å². The molecule has 2 aromatic rings. The summed E-state index contributed by atoms with van der Waals surface area (Å²) in [6.45, 7) is 3.74. The van der Waals surface area contributed by atoms with Gasteiger partial charge in [0.05, 0.1) is 39.7 Å². The lowest BCUT2D eigenvalue weighted by Gasteiger charge is -2.36. The predicted octanol–water partition coefficient (Wildman–Crippen LogP) is 3.90. The smallest absolute Gasteiger partial charge is 0.312 e. The van der Waals surface area contributed by atoms with Crippen molar-refractivity contribution in [3.63, 3.8) is 0 Å². The van der Waals surface area contributed by atoms with E-state index < -0.39 is 11.5 Å². The molecule has 0 spiro atoms. The van der Waals surface area contributed by atoms with Crippen LogP contribution in [0.25, 0.3) is 0 Å². The minimum atomic E-state index is -0.660. The highest BCUT2D eigenvalue weighted by atomic mass is 16.5. The molecule has 0 fully saturated rings. The molecule has 2 aliphatic rings. The number of methoxy groups -OCH3 is 3. The minimum absolute atomic E-state index is 0.000948. The van der Waals surface area contributed by atoms with Crippen LogP contribution < -0.4 is 23.7 Å². The third kappa shape index (κ3) is 3.14. The van der Waals surface area contributed by atoms with E-state index in [1.165, 1.54) is 14.2 Å². The van der Waals surface area contributed by atoms with Crippen LogP contribution in [0.5, 0.6) is 28.7 Å². The Morgan fingerprint density at radius 1 is 0.967 bits per heavy atom. The van der Waals surface area contributed by atoms with Gasteiger partial charge in [0.15, 0.2) is 17.3 Å². The van der Waals surface area contributed by atoms with E-state index in [1.54, 1.807) is 25.3 Å².